The van der Waals surface area contributed by atoms with Crippen LogP contribution in [-0.2, 0) is 6.42 Å². The number of nitro groups is 1. The van der Waals surface area contributed by atoms with Crippen LogP contribution in [0.2, 0.25) is 0 Å². The topological polar surface area (TPSA) is 147 Å². The zero-order chi connectivity index (χ0) is 19.9. The number of aryl methyl sites for hydroxylation is 4. The summed E-state index contributed by atoms with van der Waals surface area (Å²) in [6, 6.07) is 3.57. The molecule has 8 heteroatoms. The van der Waals surface area contributed by atoms with Gasteiger partial charge in [0.2, 0.25) is 6.20 Å². The molecule has 26 heavy (non-hydrogen) atoms. The summed E-state index contributed by atoms with van der Waals surface area (Å²) >= 11 is 0. The number of hydrogen-bond acceptors (Lipinski definition) is 7. The van der Waals surface area contributed by atoms with Gasteiger partial charge in [0.15, 0.2) is 0 Å². The minimum Gasteiger partial charge on any atom is -0.384 e. The van der Waals surface area contributed by atoms with E-state index in [1.54, 1.807) is 13.0 Å². The molecular formula is C18H26N6O2. The molecule has 2 rings (SSSR count). The third-order valence-corrected chi connectivity index (χ3v) is 3.81. The number of anilines is 2. The van der Waals surface area contributed by atoms with Crippen molar-refractivity contribution in [1.29, 1.82) is 0 Å². The Labute approximate surface area is 153 Å². The molecule has 0 saturated heterocycles. The fourth-order valence-corrected chi connectivity index (χ4v) is 2.67. The molecule has 0 saturated carbocycles. The van der Waals surface area contributed by atoms with E-state index in [4.69, 9.17) is 17.2 Å². The first-order chi connectivity index (χ1) is 12.1. The molecule has 2 aromatic rings. The number of aromatic nitrogens is 2. The van der Waals surface area contributed by atoms with Crippen LogP contribution >= 0.6 is 0 Å². The Morgan fingerprint density at radius 2 is 1.58 bits per heavy atom. The molecule has 0 fully saturated rings. The fraction of sp³-hybridized carbons (Fsp3) is 0.333. The highest BCUT2D eigenvalue weighted by Crippen LogP contribution is 2.16. The Kier molecular flexibility index (Phi) is 7.67. The van der Waals surface area contributed by atoms with Gasteiger partial charge in [0.25, 0.3) is 0 Å². The van der Waals surface area contributed by atoms with Crippen LogP contribution in [0, 0.1) is 37.8 Å². The van der Waals surface area contributed by atoms with Crippen LogP contribution in [0.25, 0.3) is 6.08 Å². The maximum absolute atomic E-state index is 10.1. The molecule has 0 aliphatic carbocycles. The highest BCUT2D eigenvalue weighted by molar-refractivity contribution is 5.57. The average molecular weight is 358 g/mol. The van der Waals surface area contributed by atoms with Crippen LogP contribution in [0.5, 0.6) is 0 Å². The Morgan fingerprint density at radius 1 is 1.04 bits per heavy atom. The molecule has 0 atom stereocenters. The normalized spacial score (nSPS) is 10.5. The molecule has 0 unspecified atom stereocenters. The summed E-state index contributed by atoms with van der Waals surface area (Å²) in [7, 11) is 0. The van der Waals surface area contributed by atoms with Gasteiger partial charge in [-0.25, -0.2) is 9.97 Å². The van der Waals surface area contributed by atoms with E-state index >= 15 is 0 Å². The largest absolute Gasteiger partial charge is 0.384 e. The van der Waals surface area contributed by atoms with Crippen molar-refractivity contribution in [3.63, 3.8) is 0 Å². The van der Waals surface area contributed by atoms with Gasteiger partial charge in [0.1, 0.15) is 11.6 Å². The lowest BCUT2D eigenvalue weighted by molar-refractivity contribution is -0.400. The first-order valence-electron chi connectivity index (χ1n) is 8.13. The van der Waals surface area contributed by atoms with Crippen molar-refractivity contribution in [2.24, 2.45) is 5.73 Å². The van der Waals surface area contributed by atoms with E-state index in [-0.39, 0.29) is 0 Å². The standard InChI is InChI=1S/C9H11N3O2.C9H15N3/c1-6-5-9(10)11-7(2)8(6)3-4-12(13)14;1-6-5-9(11)12-7(2)8(6)3-4-10/h3-5H,1-2H3,(H2,10,11);5H,3-4,10H2,1-2H3,(H2,11,12)/b4-3+;. The minimum absolute atomic E-state index is 0.429. The molecule has 0 aromatic carbocycles. The number of pyridine rings is 2. The molecule has 0 aliphatic rings. The predicted molar refractivity (Wildman–Crippen MR) is 105 cm³/mol. The Hall–Kier alpha value is -3.00. The fourth-order valence-electron chi connectivity index (χ4n) is 2.67. The summed E-state index contributed by atoms with van der Waals surface area (Å²) in [6.07, 6.45) is 3.20. The second-order valence-corrected chi connectivity index (χ2v) is 5.93. The zero-order valence-electron chi connectivity index (χ0n) is 15.6. The van der Waals surface area contributed by atoms with Gasteiger partial charge >= 0.3 is 0 Å². The molecule has 6 N–H and O–H groups in total. The monoisotopic (exact) mass is 358 g/mol. The van der Waals surface area contributed by atoms with Crippen LogP contribution in [0.4, 0.5) is 11.6 Å². The predicted octanol–water partition coefficient (Wildman–Crippen LogP) is 2.31. The maximum atomic E-state index is 10.1. The van der Waals surface area contributed by atoms with Gasteiger partial charge in [0, 0.05) is 23.0 Å². The van der Waals surface area contributed by atoms with Crippen LogP contribution in [0.1, 0.15) is 33.6 Å². The number of hydrogen-bond donors (Lipinski definition) is 3. The van der Waals surface area contributed by atoms with Crippen molar-refractivity contribution >= 4 is 17.7 Å². The summed E-state index contributed by atoms with van der Waals surface area (Å²) in [6.45, 7) is 8.27. The van der Waals surface area contributed by atoms with E-state index in [9.17, 15) is 10.1 Å². The first-order valence-corrected chi connectivity index (χ1v) is 8.13. The number of nitrogens with two attached hydrogens (primary N) is 3. The Morgan fingerprint density at radius 3 is 2.04 bits per heavy atom. The lowest BCUT2D eigenvalue weighted by atomic mass is 10.1. The smallest absolute Gasteiger partial charge is 0.235 e. The van der Waals surface area contributed by atoms with Gasteiger partial charge < -0.3 is 17.2 Å². The molecule has 140 valence electrons. The maximum Gasteiger partial charge on any atom is 0.235 e. The van der Waals surface area contributed by atoms with Crippen molar-refractivity contribution in [2.45, 2.75) is 34.1 Å². The van der Waals surface area contributed by atoms with Crippen molar-refractivity contribution in [3.05, 3.63) is 62.1 Å². The van der Waals surface area contributed by atoms with Crippen molar-refractivity contribution in [1.82, 2.24) is 9.97 Å². The van der Waals surface area contributed by atoms with Gasteiger partial charge in [-0.05, 0) is 69.5 Å². The van der Waals surface area contributed by atoms with Crippen LogP contribution in [-0.4, -0.2) is 21.4 Å². The highest BCUT2D eigenvalue weighted by atomic mass is 16.6. The second-order valence-electron chi connectivity index (χ2n) is 5.93. The quantitative estimate of drug-likeness (QED) is 0.561. The van der Waals surface area contributed by atoms with E-state index in [1.807, 2.05) is 26.8 Å². The molecule has 2 heterocycles. The minimum atomic E-state index is -0.505. The molecular weight excluding hydrogens is 332 g/mol. The second kappa shape index (κ2) is 9.47. The van der Waals surface area contributed by atoms with E-state index < -0.39 is 4.92 Å². The average Bonchev–Trinajstić information content (AvgIpc) is 2.50. The van der Waals surface area contributed by atoms with Crippen molar-refractivity contribution in [3.8, 4) is 0 Å². The van der Waals surface area contributed by atoms with Gasteiger partial charge in [-0.3, -0.25) is 10.1 Å². The van der Waals surface area contributed by atoms with Gasteiger partial charge in [0.05, 0.1) is 4.92 Å². The molecule has 0 amide bonds. The van der Waals surface area contributed by atoms with Crippen LogP contribution in [0.3, 0.4) is 0 Å². The van der Waals surface area contributed by atoms with E-state index in [0.29, 0.717) is 23.9 Å². The third kappa shape index (κ3) is 6.14. The molecule has 0 radical (unpaired) electrons. The third-order valence-electron chi connectivity index (χ3n) is 3.81. The Bertz CT molecular complexity index is 771. The first kappa shape index (κ1) is 21.0. The molecule has 0 aliphatic heterocycles. The summed E-state index contributed by atoms with van der Waals surface area (Å²) in [5.74, 6) is 1.02. The van der Waals surface area contributed by atoms with Crippen molar-refractivity contribution < 1.29 is 4.92 Å². The van der Waals surface area contributed by atoms with Gasteiger partial charge in [-0.15, -0.1) is 0 Å². The lowest BCUT2D eigenvalue weighted by Gasteiger charge is -2.08. The molecule has 2 aromatic heterocycles. The van der Waals surface area contributed by atoms with Crippen LogP contribution in [0.15, 0.2) is 18.3 Å². The summed E-state index contributed by atoms with van der Waals surface area (Å²) in [4.78, 5) is 17.8. The number of rotatable bonds is 4. The zero-order valence-corrected chi connectivity index (χ0v) is 15.6. The van der Waals surface area contributed by atoms with E-state index in [0.717, 1.165) is 29.4 Å². The lowest BCUT2D eigenvalue weighted by Crippen LogP contribution is -2.08. The highest BCUT2D eigenvalue weighted by Gasteiger charge is 2.04. The summed E-state index contributed by atoms with van der Waals surface area (Å²) in [5, 5.41) is 10.1. The Balaban J connectivity index is 0.000000263. The van der Waals surface area contributed by atoms with E-state index in [2.05, 4.69) is 9.97 Å². The van der Waals surface area contributed by atoms with Crippen LogP contribution < -0.4 is 17.2 Å². The number of nitrogen functional groups attached to an aromatic ring is 2. The molecule has 8 nitrogen and oxygen atoms in total. The SMILES string of the molecule is Cc1cc(N)nc(C)c1/C=C/[N+](=O)[O-].Cc1cc(N)nc(C)c1CCN. The van der Waals surface area contributed by atoms with E-state index in [1.165, 1.54) is 17.2 Å². The van der Waals surface area contributed by atoms with Gasteiger partial charge in [-0.1, -0.05) is 0 Å². The van der Waals surface area contributed by atoms with Crippen molar-refractivity contribution in [2.75, 3.05) is 18.0 Å². The number of nitrogens with zero attached hydrogens (tertiary/aromatic N) is 3. The summed E-state index contributed by atoms with van der Waals surface area (Å²) in [5.41, 5.74) is 22.3. The molecule has 0 bridgehead atoms. The molecule has 0 spiro atoms. The van der Waals surface area contributed by atoms with Gasteiger partial charge in [-0.2, -0.15) is 0 Å². The summed E-state index contributed by atoms with van der Waals surface area (Å²) < 4.78 is 0.